The molecule has 1 aliphatic rings. The van der Waals surface area contributed by atoms with Crippen LogP contribution < -0.4 is 5.73 Å². The third kappa shape index (κ3) is 2.48. The summed E-state index contributed by atoms with van der Waals surface area (Å²) in [6.45, 7) is 4.76. The monoisotopic (exact) mass is 199 g/mol. The molecular weight excluding hydrogens is 174 g/mol. The van der Waals surface area contributed by atoms with Crippen molar-refractivity contribution in [3.05, 3.63) is 0 Å². The highest BCUT2D eigenvalue weighted by Gasteiger charge is 2.38. The summed E-state index contributed by atoms with van der Waals surface area (Å²) in [5.41, 5.74) is 6.46. The van der Waals surface area contributed by atoms with Gasteiger partial charge in [0.25, 0.3) is 0 Å². The molecule has 3 N–H and O–H groups in total. The van der Waals surface area contributed by atoms with Gasteiger partial charge < -0.3 is 10.8 Å². The van der Waals surface area contributed by atoms with Crippen LogP contribution in [0.1, 0.15) is 52.4 Å². The molecule has 3 atom stereocenters. The fourth-order valence-electron chi connectivity index (χ4n) is 3.11. The van der Waals surface area contributed by atoms with Crippen LogP contribution in [0.3, 0.4) is 0 Å². The lowest BCUT2D eigenvalue weighted by Gasteiger charge is -2.44. The minimum atomic E-state index is 0.237. The molecule has 0 saturated heterocycles. The highest BCUT2D eigenvalue weighted by molar-refractivity contribution is 4.92. The third-order valence-electron chi connectivity index (χ3n) is 3.96. The van der Waals surface area contributed by atoms with Crippen LogP contribution in [-0.2, 0) is 0 Å². The quantitative estimate of drug-likeness (QED) is 0.730. The molecule has 0 radical (unpaired) electrons. The van der Waals surface area contributed by atoms with E-state index in [1.165, 1.54) is 25.7 Å². The average molecular weight is 199 g/mol. The molecule has 0 bridgehead atoms. The molecule has 1 aliphatic carbocycles. The second-order valence-corrected chi connectivity index (χ2v) is 5.05. The van der Waals surface area contributed by atoms with E-state index in [1.54, 1.807) is 0 Å². The summed E-state index contributed by atoms with van der Waals surface area (Å²) >= 11 is 0. The summed E-state index contributed by atoms with van der Waals surface area (Å²) in [4.78, 5) is 0. The van der Waals surface area contributed by atoms with Crippen LogP contribution >= 0.6 is 0 Å². The van der Waals surface area contributed by atoms with Gasteiger partial charge in [-0.25, -0.2) is 0 Å². The van der Waals surface area contributed by atoms with Gasteiger partial charge in [0.2, 0.25) is 0 Å². The van der Waals surface area contributed by atoms with Gasteiger partial charge in [-0.1, -0.05) is 26.7 Å². The fraction of sp³-hybridized carbons (Fsp3) is 1.00. The molecule has 3 unspecified atom stereocenters. The second-order valence-electron chi connectivity index (χ2n) is 5.05. The van der Waals surface area contributed by atoms with Crippen LogP contribution in [0.25, 0.3) is 0 Å². The Bertz CT molecular complexity index is 168. The molecule has 0 aliphatic heterocycles. The average Bonchev–Trinajstić information content (AvgIpc) is 2.17. The summed E-state index contributed by atoms with van der Waals surface area (Å²) < 4.78 is 0. The highest BCUT2D eigenvalue weighted by atomic mass is 16.3. The normalized spacial score (nSPS) is 35.6. The molecule has 0 aromatic carbocycles. The fourth-order valence-corrected chi connectivity index (χ4v) is 3.11. The largest absolute Gasteiger partial charge is 0.396 e. The van der Waals surface area contributed by atoms with Crippen molar-refractivity contribution in [3.8, 4) is 0 Å². The SMILES string of the molecule is CCC(N)C1(CCO)CCCC(C)C1. The van der Waals surface area contributed by atoms with Crippen LogP contribution in [0.5, 0.6) is 0 Å². The standard InChI is InChI=1S/C12H25NO/c1-3-11(13)12(7-8-14)6-4-5-10(2)9-12/h10-11,14H,3-9,13H2,1-2H3. The number of nitrogens with two attached hydrogens (primary N) is 1. The molecule has 1 rings (SSSR count). The van der Waals surface area contributed by atoms with Crippen molar-refractivity contribution in [2.45, 2.75) is 58.4 Å². The second kappa shape index (κ2) is 5.13. The summed E-state index contributed by atoms with van der Waals surface area (Å²) in [6.07, 6.45) is 6.98. The molecule has 14 heavy (non-hydrogen) atoms. The Balaban J connectivity index is 2.68. The number of hydrogen-bond acceptors (Lipinski definition) is 2. The zero-order valence-electron chi connectivity index (χ0n) is 9.63. The van der Waals surface area contributed by atoms with Gasteiger partial charge in [0.1, 0.15) is 0 Å². The zero-order chi connectivity index (χ0) is 10.6. The first-order valence-corrected chi connectivity index (χ1v) is 6.01. The number of aliphatic hydroxyl groups excluding tert-OH is 1. The third-order valence-corrected chi connectivity index (χ3v) is 3.96. The van der Waals surface area contributed by atoms with Gasteiger partial charge in [0, 0.05) is 12.6 Å². The first kappa shape index (κ1) is 12.0. The predicted octanol–water partition coefficient (Wildman–Crippen LogP) is 2.30. The van der Waals surface area contributed by atoms with Gasteiger partial charge in [-0.2, -0.15) is 0 Å². The lowest BCUT2D eigenvalue weighted by atomic mass is 9.64. The van der Waals surface area contributed by atoms with Crippen LogP contribution in [-0.4, -0.2) is 17.8 Å². The smallest absolute Gasteiger partial charge is 0.0436 e. The Morgan fingerprint density at radius 1 is 1.57 bits per heavy atom. The Hall–Kier alpha value is -0.0800. The van der Waals surface area contributed by atoms with E-state index in [0.717, 1.165) is 18.8 Å². The maximum absolute atomic E-state index is 9.16. The highest BCUT2D eigenvalue weighted by Crippen LogP contribution is 2.44. The number of rotatable bonds is 4. The molecule has 2 heteroatoms. The maximum atomic E-state index is 9.16. The molecular formula is C12H25NO. The minimum absolute atomic E-state index is 0.237. The summed E-state index contributed by atoms with van der Waals surface area (Å²) in [6, 6.07) is 0.275. The van der Waals surface area contributed by atoms with Gasteiger partial charge in [0.05, 0.1) is 0 Å². The first-order chi connectivity index (χ1) is 6.64. The summed E-state index contributed by atoms with van der Waals surface area (Å²) in [7, 11) is 0. The van der Waals surface area contributed by atoms with Gasteiger partial charge in [0.15, 0.2) is 0 Å². The van der Waals surface area contributed by atoms with Gasteiger partial charge in [-0.3, -0.25) is 0 Å². The van der Waals surface area contributed by atoms with E-state index in [9.17, 15) is 0 Å². The molecule has 1 saturated carbocycles. The molecule has 0 heterocycles. The molecule has 1 fully saturated rings. The lowest BCUT2D eigenvalue weighted by molar-refractivity contribution is 0.0720. The van der Waals surface area contributed by atoms with Gasteiger partial charge in [-0.05, 0) is 37.0 Å². The van der Waals surface area contributed by atoms with Crippen molar-refractivity contribution in [2.75, 3.05) is 6.61 Å². The lowest BCUT2D eigenvalue weighted by Crippen LogP contribution is -2.45. The van der Waals surface area contributed by atoms with Crippen molar-refractivity contribution in [2.24, 2.45) is 17.1 Å². The van der Waals surface area contributed by atoms with E-state index in [4.69, 9.17) is 10.8 Å². The maximum Gasteiger partial charge on any atom is 0.0436 e. The number of aliphatic hydroxyl groups is 1. The van der Waals surface area contributed by atoms with Crippen molar-refractivity contribution in [1.29, 1.82) is 0 Å². The van der Waals surface area contributed by atoms with Crippen molar-refractivity contribution in [1.82, 2.24) is 0 Å². The topological polar surface area (TPSA) is 46.2 Å². The minimum Gasteiger partial charge on any atom is -0.396 e. The van der Waals surface area contributed by atoms with E-state index in [-0.39, 0.29) is 11.5 Å². The van der Waals surface area contributed by atoms with E-state index < -0.39 is 0 Å². The van der Waals surface area contributed by atoms with Crippen LogP contribution in [0.15, 0.2) is 0 Å². The Labute approximate surface area is 87.9 Å². The molecule has 0 aromatic heterocycles. The van der Waals surface area contributed by atoms with Crippen LogP contribution in [0.4, 0.5) is 0 Å². The first-order valence-electron chi connectivity index (χ1n) is 6.01. The summed E-state index contributed by atoms with van der Waals surface area (Å²) in [5.74, 6) is 0.785. The number of hydrogen-bond donors (Lipinski definition) is 2. The van der Waals surface area contributed by atoms with Gasteiger partial charge >= 0.3 is 0 Å². The van der Waals surface area contributed by atoms with E-state index in [2.05, 4.69) is 13.8 Å². The van der Waals surface area contributed by atoms with Crippen molar-refractivity contribution < 1.29 is 5.11 Å². The van der Waals surface area contributed by atoms with Crippen molar-refractivity contribution in [3.63, 3.8) is 0 Å². The molecule has 84 valence electrons. The summed E-state index contributed by atoms with van der Waals surface area (Å²) in [5, 5.41) is 9.16. The van der Waals surface area contributed by atoms with Crippen LogP contribution in [0.2, 0.25) is 0 Å². The van der Waals surface area contributed by atoms with E-state index >= 15 is 0 Å². The molecule has 0 amide bonds. The van der Waals surface area contributed by atoms with E-state index in [1.807, 2.05) is 0 Å². The molecule has 0 aromatic rings. The zero-order valence-corrected chi connectivity index (χ0v) is 9.63. The molecule has 0 spiro atoms. The van der Waals surface area contributed by atoms with Gasteiger partial charge in [-0.15, -0.1) is 0 Å². The van der Waals surface area contributed by atoms with E-state index in [0.29, 0.717) is 6.61 Å². The Morgan fingerprint density at radius 3 is 2.79 bits per heavy atom. The Morgan fingerprint density at radius 2 is 2.29 bits per heavy atom. The Kier molecular flexibility index (Phi) is 4.39. The van der Waals surface area contributed by atoms with Crippen LogP contribution in [0, 0.1) is 11.3 Å². The molecule has 2 nitrogen and oxygen atoms in total. The predicted molar refractivity (Wildman–Crippen MR) is 60.0 cm³/mol. The van der Waals surface area contributed by atoms with Crippen molar-refractivity contribution >= 4 is 0 Å².